The van der Waals surface area contributed by atoms with E-state index < -0.39 is 10.8 Å². The normalized spacial score (nSPS) is 10.8. The number of carbonyl (C=O) groups excluding carboxylic acids is 2. The third-order valence-electron chi connectivity index (χ3n) is 4.51. The van der Waals surface area contributed by atoms with Gasteiger partial charge in [-0.25, -0.2) is 14.3 Å². The number of nitrogens with zero attached hydrogens (tertiary/aromatic N) is 7. The number of anilines is 1. The van der Waals surface area contributed by atoms with Crippen LogP contribution in [-0.2, 0) is 17.0 Å². The Balaban J connectivity index is 1.61. The second kappa shape index (κ2) is 10.6. The molecular formula is C18H17N11O4S3. The zero-order valence-corrected chi connectivity index (χ0v) is 20.8. The number of carbonyl (C=O) groups is 2. The number of nitrogen functional groups attached to an aromatic ring is 1. The molecule has 4 aromatic rings. The van der Waals surface area contributed by atoms with Crippen molar-refractivity contribution in [3.8, 4) is 0 Å². The van der Waals surface area contributed by atoms with Crippen molar-refractivity contribution in [3.63, 3.8) is 0 Å². The van der Waals surface area contributed by atoms with Gasteiger partial charge in [-0.1, -0.05) is 17.8 Å². The van der Waals surface area contributed by atoms with Gasteiger partial charge in [0.15, 0.2) is 16.8 Å². The quantitative estimate of drug-likeness (QED) is 0.0782. The molecule has 0 unspecified atom stereocenters. The van der Waals surface area contributed by atoms with Gasteiger partial charge in [0, 0.05) is 30.0 Å². The molecule has 0 saturated heterocycles. The van der Waals surface area contributed by atoms with Crippen molar-refractivity contribution in [2.75, 3.05) is 16.6 Å². The Bertz CT molecular complexity index is 1510. The fraction of sp³-hybridized carbons (Fsp3) is 0.167. The van der Waals surface area contributed by atoms with E-state index in [1.54, 1.807) is 5.38 Å². The van der Waals surface area contributed by atoms with Crippen molar-refractivity contribution in [3.05, 3.63) is 67.4 Å². The Morgan fingerprint density at radius 2 is 2.14 bits per heavy atom. The molecule has 3 aromatic heterocycles. The summed E-state index contributed by atoms with van der Waals surface area (Å²) in [6.07, 6.45) is 0.175. The van der Waals surface area contributed by atoms with Crippen LogP contribution < -0.4 is 16.6 Å². The highest BCUT2D eigenvalue weighted by Crippen LogP contribution is 2.23. The Kier molecular flexibility index (Phi) is 7.36. The predicted molar refractivity (Wildman–Crippen MR) is 133 cm³/mol. The number of benzene rings is 1. The second-order valence-electron chi connectivity index (χ2n) is 7.09. The molecule has 0 bridgehead atoms. The first kappa shape index (κ1) is 24.9. The first-order valence-corrected chi connectivity index (χ1v) is 12.2. The van der Waals surface area contributed by atoms with Crippen LogP contribution in [0.1, 0.15) is 34.6 Å². The number of non-ortho nitro benzene ring substituents is 1. The van der Waals surface area contributed by atoms with Gasteiger partial charge in [0.2, 0.25) is 15.8 Å². The molecule has 186 valence electrons. The Morgan fingerprint density at radius 3 is 2.83 bits per heavy atom. The summed E-state index contributed by atoms with van der Waals surface area (Å²) in [7, 11) is 0. The van der Waals surface area contributed by atoms with E-state index in [0.29, 0.717) is 27.6 Å². The van der Waals surface area contributed by atoms with Crippen molar-refractivity contribution in [2.45, 2.75) is 24.3 Å². The zero-order valence-electron chi connectivity index (χ0n) is 18.4. The van der Waals surface area contributed by atoms with E-state index in [0.717, 1.165) is 0 Å². The lowest BCUT2D eigenvalue weighted by Gasteiger charge is -2.11. The zero-order chi connectivity index (χ0) is 25.8. The van der Waals surface area contributed by atoms with E-state index in [4.69, 9.17) is 18.1 Å². The monoisotopic (exact) mass is 547 g/mol. The molecule has 0 aliphatic carbocycles. The van der Waals surface area contributed by atoms with Crippen LogP contribution >= 0.6 is 35.3 Å². The maximum Gasteiger partial charge on any atom is 0.270 e. The summed E-state index contributed by atoms with van der Waals surface area (Å²) in [6.45, 7) is 1.38. The van der Waals surface area contributed by atoms with Crippen molar-refractivity contribution >= 4 is 57.9 Å². The minimum absolute atomic E-state index is 0.0734. The molecule has 0 fully saturated rings. The van der Waals surface area contributed by atoms with Gasteiger partial charge in [-0.3, -0.25) is 30.2 Å². The van der Waals surface area contributed by atoms with Crippen LogP contribution in [0.5, 0.6) is 0 Å². The Morgan fingerprint density at radius 1 is 1.33 bits per heavy atom. The first-order valence-electron chi connectivity index (χ1n) is 9.97. The average Bonchev–Trinajstić information content (AvgIpc) is 3.53. The van der Waals surface area contributed by atoms with Gasteiger partial charge in [-0.05, 0) is 18.3 Å². The van der Waals surface area contributed by atoms with Crippen LogP contribution in [0.25, 0.3) is 0 Å². The number of nitrogens with two attached hydrogens (primary N) is 1. The maximum absolute atomic E-state index is 13.0. The highest BCUT2D eigenvalue weighted by atomic mass is 32.2. The molecule has 0 spiro atoms. The largest absolute Gasteiger partial charge is 0.335 e. The van der Waals surface area contributed by atoms with Crippen molar-refractivity contribution in [2.24, 2.45) is 0 Å². The number of aromatic nitrogens is 7. The second-order valence-corrected chi connectivity index (χ2v) is 9.28. The number of aromatic amines is 1. The van der Waals surface area contributed by atoms with Crippen LogP contribution in [0.4, 0.5) is 10.8 Å². The van der Waals surface area contributed by atoms with E-state index in [1.807, 2.05) is 0 Å². The lowest BCUT2D eigenvalue weighted by molar-refractivity contribution is -0.384. The molecule has 0 atom stereocenters. The lowest BCUT2D eigenvalue weighted by Crippen LogP contribution is -2.26. The molecule has 1 aromatic carbocycles. The molecule has 0 aliphatic heterocycles. The number of rotatable bonds is 9. The molecule has 0 saturated carbocycles. The standard InChI is InChI=1S/C18H17N11O4S3/c1-9(30)20-16-21-11(7-35-16)6-13-22-25-18(36-8-14-23-24-17(34)27(14)19)28(13)26-15(31)10-3-2-4-12(5-10)29(32)33/h2-5,7H,6,8,19H2,1H3,(H,24,34)(H,26,31)(H,20,21,30). The summed E-state index contributed by atoms with van der Waals surface area (Å²) >= 11 is 7.44. The summed E-state index contributed by atoms with van der Waals surface area (Å²) in [6, 6.07) is 5.32. The molecule has 5 N–H and O–H groups in total. The summed E-state index contributed by atoms with van der Waals surface area (Å²) in [4.78, 5) is 39.1. The highest BCUT2D eigenvalue weighted by molar-refractivity contribution is 7.98. The lowest BCUT2D eigenvalue weighted by atomic mass is 10.2. The van der Waals surface area contributed by atoms with Gasteiger partial charge in [0.05, 0.1) is 22.8 Å². The number of nitro benzene ring substituents is 1. The van der Waals surface area contributed by atoms with E-state index in [9.17, 15) is 19.7 Å². The van der Waals surface area contributed by atoms with Gasteiger partial charge in [-0.2, -0.15) is 5.10 Å². The number of hydrogen-bond donors (Lipinski definition) is 4. The molecule has 2 amide bonds. The van der Waals surface area contributed by atoms with Gasteiger partial charge in [0.25, 0.3) is 11.6 Å². The number of thioether (sulfide) groups is 1. The average molecular weight is 548 g/mol. The molecule has 3 heterocycles. The van der Waals surface area contributed by atoms with E-state index in [-0.39, 0.29) is 34.1 Å². The van der Waals surface area contributed by atoms with Crippen LogP contribution in [-0.4, -0.2) is 51.5 Å². The molecule has 0 aliphatic rings. The van der Waals surface area contributed by atoms with Gasteiger partial charge < -0.3 is 11.2 Å². The fourth-order valence-electron chi connectivity index (χ4n) is 2.87. The Labute approximate surface area is 215 Å². The van der Waals surface area contributed by atoms with E-state index in [1.165, 1.54) is 63.6 Å². The highest BCUT2D eigenvalue weighted by Gasteiger charge is 2.20. The molecular weight excluding hydrogens is 530 g/mol. The maximum atomic E-state index is 13.0. The van der Waals surface area contributed by atoms with Crippen LogP contribution in [0.15, 0.2) is 34.8 Å². The SMILES string of the molecule is CC(=O)Nc1nc(Cc2nnc(SCc3n[nH]c(=S)n3N)n2NC(=O)c2cccc([N+](=O)[O-])c2)cs1. The smallest absolute Gasteiger partial charge is 0.270 e. The summed E-state index contributed by atoms with van der Waals surface area (Å²) in [5.74, 6) is 6.00. The molecule has 18 heteroatoms. The van der Waals surface area contributed by atoms with Gasteiger partial charge in [0.1, 0.15) is 0 Å². The van der Waals surface area contributed by atoms with Crippen molar-refractivity contribution < 1.29 is 14.5 Å². The summed E-state index contributed by atoms with van der Waals surface area (Å²) in [5, 5.41) is 31.1. The van der Waals surface area contributed by atoms with Gasteiger partial charge >= 0.3 is 0 Å². The number of hydrogen-bond acceptors (Lipinski definition) is 12. The molecule has 15 nitrogen and oxygen atoms in total. The van der Waals surface area contributed by atoms with Crippen LogP contribution in [0.2, 0.25) is 0 Å². The number of nitro groups is 1. The molecule has 4 rings (SSSR count). The van der Waals surface area contributed by atoms with E-state index >= 15 is 0 Å². The minimum Gasteiger partial charge on any atom is -0.335 e. The summed E-state index contributed by atoms with van der Waals surface area (Å²) in [5.41, 5.74) is 3.12. The summed E-state index contributed by atoms with van der Waals surface area (Å²) < 4.78 is 2.82. The first-order chi connectivity index (χ1) is 17.2. The third kappa shape index (κ3) is 5.73. The van der Waals surface area contributed by atoms with E-state index in [2.05, 4.69) is 36.1 Å². The molecule has 0 radical (unpaired) electrons. The number of nitrogens with one attached hydrogen (secondary N) is 3. The fourth-order valence-corrected chi connectivity index (χ4v) is 4.62. The topological polar surface area (TPSA) is 205 Å². The van der Waals surface area contributed by atoms with Crippen molar-refractivity contribution in [1.82, 2.24) is 34.7 Å². The Hall–Kier alpha value is -4.16. The number of thiazole rings is 1. The van der Waals surface area contributed by atoms with Crippen LogP contribution in [0, 0.1) is 14.9 Å². The van der Waals surface area contributed by atoms with Crippen LogP contribution in [0.3, 0.4) is 0 Å². The minimum atomic E-state index is -0.611. The van der Waals surface area contributed by atoms with Crippen molar-refractivity contribution in [1.29, 1.82) is 0 Å². The predicted octanol–water partition coefficient (Wildman–Crippen LogP) is 1.84. The van der Waals surface area contributed by atoms with Gasteiger partial charge in [-0.15, -0.1) is 21.5 Å². The third-order valence-corrected chi connectivity index (χ3v) is 6.53. The number of H-pyrrole nitrogens is 1. The number of amides is 2. The molecule has 36 heavy (non-hydrogen) atoms.